The third-order valence-corrected chi connectivity index (χ3v) is 1.57. The van der Waals surface area contributed by atoms with Crippen LogP contribution in [0.4, 0.5) is 26.1 Å². The van der Waals surface area contributed by atoms with Gasteiger partial charge in [-0.2, -0.15) is 0 Å². The molecule has 0 N–H and O–H groups in total. The molecular weight excluding hydrogens is 248 g/mol. The molecule has 0 saturated carbocycles. The van der Waals surface area contributed by atoms with E-state index in [0.717, 1.165) is 0 Å². The van der Waals surface area contributed by atoms with Crippen molar-refractivity contribution in [1.29, 1.82) is 0 Å². The molecule has 8 heteroatoms. The first-order valence-corrected chi connectivity index (χ1v) is 3.59. The smallest absolute Gasteiger partial charge is 0.445 e. The molecule has 78 valence electrons. The van der Waals surface area contributed by atoms with Gasteiger partial charge in [-0.25, -0.2) is 13.2 Å². The summed E-state index contributed by atoms with van der Waals surface area (Å²) in [7, 11) is 0. The second-order valence-corrected chi connectivity index (χ2v) is 2.69. The van der Waals surface area contributed by atoms with Crippen molar-refractivity contribution >= 4 is 12.4 Å². The SMILES string of the molecule is Fc1cc(C(F)F)cc([B-](F)(F)F)c1.[K+]. The molecule has 0 nitrogen and oxygen atoms in total. The Kier molecular flexibility index (Phi) is 5.91. The van der Waals surface area contributed by atoms with Crippen LogP contribution in [0.2, 0.25) is 0 Å². The first-order chi connectivity index (χ1) is 6.30. The predicted molar refractivity (Wildman–Crippen MR) is 40.1 cm³/mol. The van der Waals surface area contributed by atoms with Crippen LogP contribution in [0, 0.1) is 5.82 Å². The van der Waals surface area contributed by atoms with Gasteiger partial charge >= 0.3 is 58.4 Å². The Morgan fingerprint density at radius 1 is 1.00 bits per heavy atom. The average Bonchev–Trinajstić information content (AvgIpc) is 2.01. The van der Waals surface area contributed by atoms with Crippen LogP contribution in [0.15, 0.2) is 18.2 Å². The van der Waals surface area contributed by atoms with E-state index in [9.17, 15) is 26.1 Å². The number of hydrogen-bond donors (Lipinski definition) is 0. The molecular formula is C7H4BF6K. The van der Waals surface area contributed by atoms with Gasteiger partial charge in [-0.1, -0.05) is 12.1 Å². The Morgan fingerprint density at radius 2 is 1.53 bits per heavy atom. The van der Waals surface area contributed by atoms with Gasteiger partial charge < -0.3 is 12.9 Å². The first-order valence-electron chi connectivity index (χ1n) is 3.59. The van der Waals surface area contributed by atoms with E-state index in [4.69, 9.17) is 0 Å². The van der Waals surface area contributed by atoms with Gasteiger partial charge in [0.25, 0.3) is 6.43 Å². The van der Waals surface area contributed by atoms with E-state index in [-0.39, 0.29) is 63.5 Å². The van der Waals surface area contributed by atoms with Gasteiger partial charge in [0, 0.05) is 5.56 Å². The molecule has 0 heterocycles. The van der Waals surface area contributed by atoms with Crippen molar-refractivity contribution in [2.45, 2.75) is 6.43 Å². The quantitative estimate of drug-likeness (QED) is 0.506. The van der Waals surface area contributed by atoms with Gasteiger partial charge in [0.05, 0.1) is 0 Å². The minimum Gasteiger partial charge on any atom is -0.445 e. The Balaban J connectivity index is 0.00000196. The van der Waals surface area contributed by atoms with Crippen LogP contribution in [-0.2, 0) is 0 Å². The molecule has 0 aliphatic carbocycles. The molecule has 0 amide bonds. The second kappa shape index (κ2) is 5.72. The molecule has 0 radical (unpaired) electrons. The van der Waals surface area contributed by atoms with Crippen molar-refractivity contribution in [3.63, 3.8) is 0 Å². The van der Waals surface area contributed by atoms with Crippen molar-refractivity contribution in [3.8, 4) is 0 Å². The molecule has 1 aromatic rings. The number of halogens is 6. The molecule has 0 spiro atoms. The maximum absolute atomic E-state index is 12.5. The molecule has 0 unspecified atom stereocenters. The zero-order valence-corrected chi connectivity index (χ0v) is 10.8. The number of rotatable bonds is 2. The molecule has 1 rings (SSSR count). The Morgan fingerprint density at radius 3 is 1.93 bits per heavy atom. The summed E-state index contributed by atoms with van der Waals surface area (Å²) in [5.74, 6) is -1.31. The first kappa shape index (κ1) is 15.5. The summed E-state index contributed by atoms with van der Waals surface area (Å²) in [6, 6.07) is 0.843. The fourth-order valence-electron chi connectivity index (χ4n) is 0.951. The van der Waals surface area contributed by atoms with E-state index < -0.39 is 30.2 Å². The molecule has 0 bridgehead atoms. The average molecular weight is 252 g/mol. The van der Waals surface area contributed by atoms with Gasteiger partial charge in [0.2, 0.25) is 0 Å². The van der Waals surface area contributed by atoms with Crippen LogP contribution in [0.1, 0.15) is 12.0 Å². The van der Waals surface area contributed by atoms with Crippen molar-refractivity contribution in [2.24, 2.45) is 0 Å². The zero-order valence-electron chi connectivity index (χ0n) is 7.65. The van der Waals surface area contributed by atoms with E-state index in [0.29, 0.717) is 6.07 Å². The Bertz CT molecular complexity index is 337. The molecule has 15 heavy (non-hydrogen) atoms. The predicted octanol–water partition coefficient (Wildman–Crippen LogP) is -0.178. The summed E-state index contributed by atoms with van der Waals surface area (Å²) in [6.45, 7) is -5.44. The summed E-state index contributed by atoms with van der Waals surface area (Å²) in [5, 5.41) is 0. The van der Waals surface area contributed by atoms with Gasteiger partial charge in [0.1, 0.15) is 5.82 Å². The summed E-state index contributed by atoms with van der Waals surface area (Å²) in [5.41, 5.74) is -2.31. The van der Waals surface area contributed by atoms with Crippen molar-refractivity contribution in [2.75, 3.05) is 0 Å². The van der Waals surface area contributed by atoms with Crippen molar-refractivity contribution in [1.82, 2.24) is 0 Å². The summed E-state index contributed by atoms with van der Waals surface area (Å²) < 4.78 is 72.7. The van der Waals surface area contributed by atoms with E-state index in [1.54, 1.807) is 0 Å². The Labute approximate surface area is 125 Å². The van der Waals surface area contributed by atoms with E-state index >= 15 is 0 Å². The van der Waals surface area contributed by atoms with Crippen LogP contribution in [-0.4, -0.2) is 6.98 Å². The molecule has 1 aromatic carbocycles. The Hall–Kier alpha value is 0.501. The van der Waals surface area contributed by atoms with Crippen molar-refractivity contribution < 1.29 is 77.5 Å². The topological polar surface area (TPSA) is 0 Å². The molecule has 0 aliphatic heterocycles. The largest absolute Gasteiger partial charge is 1.00 e. The molecule has 0 aromatic heterocycles. The van der Waals surface area contributed by atoms with Crippen LogP contribution in [0.25, 0.3) is 0 Å². The van der Waals surface area contributed by atoms with Gasteiger partial charge in [-0.05, 0) is 6.07 Å². The van der Waals surface area contributed by atoms with Crippen molar-refractivity contribution in [3.05, 3.63) is 29.6 Å². The molecule has 0 saturated heterocycles. The van der Waals surface area contributed by atoms with Crippen LogP contribution in [0.5, 0.6) is 0 Å². The van der Waals surface area contributed by atoms with Crippen LogP contribution >= 0.6 is 0 Å². The summed E-state index contributed by atoms with van der Waals surface area (Å²) >= 11 is 0. The third-order valence-electron chi connectivity index (χ3n) is 1.57. The fraction of sp³-hybridized carbons (Fsp3) is 0.143. The zero-order chi connectivity index (χ0) is 10.9. The normalized spacial score (nSPS) is 11.4. The van der Waals surface area contributed by atoms with Crippen LogP contribution < -0.4 is 56.8 Å². The van der Waals surface area contributed by atoms with Gasteiger partial charge in [-0.15, -0.1) is 5.46 Å². The van der Waals surface area contributed by atoms with Crippen LogP contribution in [0.3, 0.4) is 0 Å². The standard InChI is InChI=1S/C7H4BF6.K/c9-6-2-4(7(10)11)1-5(3-6)8(12,13)14;/h1-3,7H;/q-1;+1. The monoisotopic (exact) mass is 252 g/mol. The fourth-order valence-corrected chi connectivity index (χ4v) is 0.951. The summed E-state index contributed by atoms with van der Waals surface area (Å²) in [4.78, 5) is 0. The minimum absolute atomic E-state index is 0. The van der Waals surface area contributed by atoms with E-state index in [1.807, 2.05) is 0 Å². The van der Waals surface area contributed by atoms with E-state index in [2.05, 4.69) is 0 Å². The molecule has 0 fully saturated rings. The second-order valence-electron chi connectivity index (χ2n) is 2.69. The van der Waals surface area contributed by atoms with Gasteiger partial charge in [0.15, 0.2) is 0 Å². The van der Waals surface area contributed by atoms with Gasteiger partial charge in [-0.3, -0.25) is 0 Å². The number of hydrogen-bond acceptors (Lipinski definition) is 0. The molecule has 0 aliphatic rings. The third kappa shape index (κ3) is 4.48. The maximum atomic E-state index is 12.5. The maximum Gasteiger partial charge on any atom is 1.00 e. The molecule has 0 atom stereocenters. The number of alkyl halides is 2. The van der Waals surface area contributed by atoms with E-state index in [1.165, 1.54) is 0 Å². The summed E-state index contributed by atoms with van der Waals surface area (Å²) in [6.07, 6.45) is -3.11. The minimum atomic E-state index is -5.44. The number of benzene rings is 1.